The first-order valence-electron chi connectivity index (χ1n) is 11.5. The normalized spacial score (nSPS) is 10.9. The monoisotopic (exact) mass is 634 g/mol. The third-order valence-electron chi connectivity index (χ3n) is 5.65. The Morgan fingerprint density at radius 2 is 1.43 bits per heavy atom. The van der Waals surface area contributed by atoms with Gasteiger partial charge in [0.15, 0.2) is 0 Å². The van der Waals surface area contributed by atoms with Crippen LogP contribution in [-0.2, 0) is 20.1 Å². The third kappa shape index (κ3) is 7.26. The van der Waals surface area contributed by atoms with Gasteiger partial charge in [0, 0.05) is 38.7 Å². The second kappa shape index (κ2) is 13.4. The molecular formula is C31H27IrN3-2. The van der Waals surface area contributed by atoms with Crippen LogP contribution in [0.3, 0.4) is 0 Å². The smallest absolute Gasteiger partial charge is 0.0748 e. The fourth-order valence-electron chi connectivity index (χ4n) is 3.45. The summed E-state index contributed by atoms with van der Waals surface area (Å²) >= 11 is 0. The molecule has 3 aromatic carbocycles. The van der Waals surface area contributed by atoms with Crippen LogP contribution in [0.4, 0.5) is 0 Å². The van der Waals surface area contributed by atoms with Crippen LogP contribution in [0.2, 0.25) is 0 Å². The Morgan fingerprint density at radius 1 is 0.714 bits per heavy atom. The zero-order valence-corrected chi connectivity index (χ0v) is 22.2. The van der Waals surface area contributed by atoms with E-state index in [-0.39, 0.29) is 20.1 Å². The molecule has 2 aromatic heterocycles. The van der Waals surface area contributed by atoms with Crippen LogP contribution in [0.5, 0.6) is 0 Å². The summed E-state index contributed by atoms with van der Waals surface area (Å²) in [6, 6.07) is 36.5. The number of rotatable bonds is 5. The van der Waals surface area contributed by atoms with Crippen LogP contribution in [-0.4, -0.2) is 15.0 Å². The topological polar surface area (TPSA) is 38.7 Å². The fourth-order valence-corrected chi connectivity index (χ4v) is 3.45. The third-order valence-corrected chi connectivity index (χ3v) is 5.65. The maximum absolute atomic E-state index is 4.51. The van der Waals surface area contributed by atoms with E-state index in [1.807, 2.05) is 79.1 Å². The SMILES string of the molecule is CCC(C)c1cnc(-c2[c-]ccc(-c3ccccc3)c2)nc1.[Ir].[c-]1ccccc1-c1ccccn1. The quantitative estimate of drug-likeness (QED) is 0.187. The molecule has 0 aliphatic rings. The van der Waals surface area contributed by atoms with Gasteiger partial charge in [-0.05, 0) is 35.2 Å². The Kier molecular flexibility index (Phi) is 10.0. The zero-order valence-electron chi connectivity index (χ0n) is 19.9. The number of aromatic nitrogens is 3. The maximum Gasteiger partial charge on any atom is 0.0748 e. The van der Waals surface area contributed by atoms with Crippen LogP contribution >= 0.6 is 0 Å². The van der Waals surface area contributed by atoms with E-state index in [4.69, 9.17) is 0 Å². The van der Waals surface area contributed by atoms with E-state index in [1.54, 1.807) is 6.20 Å². The Bertz CT molecular complexity index is 1240. The van der Waals surface area contributed by atoms with E-state index in [0.29, 0.717) is 5.92 Å². The predicted molar refractivity (Wildman–Crippen MR) is 139 cm³/mol. The van der Waals surface area contributed by atoms with Crippen LogP contribution in [0.15, 0.2) is 110 Å². The molecule has 0 saturated carbocycles. The average Bonchev–Trinajstić information content (AvgIpc) is 2.94. The number of hydrogen-bond acceptors (Lipinski definition) is 3. The molecular weight excluding hydrogens is 607 g/mol. The van der Waals surface area contributed by atoms with E-state index < -0.39 is 0 Å². The summed E-state index contributed by atoms with van der Waals surface area (Å²) in [5.74, 6) is 1.22. The summed E-state index contributed by atoms with van der Waals surface area (Å²) in [6.07, 6.45) is 6.74. The number of hydrogen-bond donors (Lipinski definition) is 0. The zero-order chi connectivity index (χ0) is 23.6. The fraction of sp³-hybridized carbons (Fsp3) is 0.129. The van der Waals surface area contributed by atoms with E-state index in [2.05, 4.69) is 65.2 Å². The molecule has 5 rings (SSSR count). The van der Waals surface area contributed by atoms with Crippen molar-refractivity contribution in [2.45, 2.75) is 26.2 Å². The van der Waals surface area contributed by atoms with Gasteiger partial charge in [0.1, 0.15) is 0 Å². The summed E-state index contributed by atoms with van der Waals surface area (Å²) in [4.78, 5) is 13.2. The van der Waals surface area contributed by atoms with Crippen molar-refractivity contribution >= 4 is 0 Å². The van der Waals surface area contributed by atoms with Gasteiger partial charge in [-0.3, -0.25) is 9.97 Å². The van der Waals surface area contributed by atoms with Gasteiger partial charge in [-0.2, -0.15) is 0 Å². The second-order valence-corrected chi connectivity index (χ2v) is 8.00. The van der Waals surface area contributed by atoms with Gasteiger partial charge < -0.3 is 4.98 Å². The van der Waals surface area contributed by atoms with Gasteiger partial charge in [-0.15, -0.1) is 71.3 Å². The van der Waals surface area contributed by atoms with Crippen molar-refractivity contribution in [1.82, 2.24) is 15.0 Å². The van der Waals surface area contributed by atoms with Crippen molar-refractivity contribution in [2.24, 2.45) is 0 Å². The molecule has 0 fully saturated rings. The van der Waals surface area contributed by atoms with Crippen LogP contribution < -0.4 is 0 Å². The van der Waals surface area contributed by atoms with Crippen molar-refractivity contribution in [3.8, 4) is 33.8 Å². The van der Waals surface area contributed by atoms with Gasteiger partial charge >= 0.3 is 0 Å². The average molecular weight is 634 g/mol. The van der Waals surface area contributed by atoms with Crippen LogP contribution in [0.25, 0.3) is 33.8 Å². The summed E-state index contributed by atoms with van der Waals surface area (Å²) in [7, 11) is 0. The molecule has 2 heterocycles. The van der Waals surface area contributed by atoms with Crippen molar-refractivity contribution in [3.63, 3.8) is 0 Å². The Balaban J connectivity index is 0.000000223. The number of pyridine rings is 1. The first-order valence-corrected chi connectivity index (χ1v) is 11.5. The molecule has 4 heteroatoms. The van der Waals surface area contributed by atoms with Gasteiger partial charge in [0.25, 0.3) is 0 Å². The minimum absolute atomic E-state index is 0. The van der Waals surface area contributed by atoms with Crippen molar-refractivity contribution in [3.05, 3.63) is 127 Å². The molecule has 3 nitrogen and oxygen atoms in total. The predicted octanol–water partition coefficient (Wildman–Crippen LogP) is 7.67. The molecule has 0 bridgehead atoms. The van der Waals surface area contributed by atoms with Gasteiger partial charge in [-0.25, -0.2) is 0 Å². The largest absolute Gasteiger partial charge is 0.305 e. The molecule has 1 atom stereocenters. The summed E-state index contributed by atoms with van der Waals surface area (Å²) in [6.45, 7) is 4.37. The maximum atomic E-state index is 4.51. The molecule has 1 radical (unpaired) electrons. The Morgan fingerprint density at radius 3 is 2.09 bits per heavy atom. The van der Waals surface area contributed by atoms with Gasteiger partial charge in [0.05, 0.1) is 5.82 Å². The van der Waals surface area contributed by atoms with Crippen molar-refractivity contribution in [2.75, 3.05) is 0 Å². The van der Waals surface area contributed by atoms with Crippen molar-refractivity contribution < 1.29 is 20.1 Å². The summed E-state index contributed by atoms with van der Waals surface area (Å²) < 4.78 is 0. The molecule has 0 N–H and O–H groups in total. The molecule has 0 aliphatic carbocycles. The van der Waals surface area contributed by atoms with E-state index in [9.17, 15) is 0 Å². The van der Waals surface area contributed by atoms with Crippen molar-refractivity contribution in [1.29, 1.82) is 0 Å². The van der Waals surface area contributed by atoms with E-state index in [0.717, 1.165) is 34.6 Å². The molecule has 35 heavy (non-hydrogen) atoms. The molecule has 0 aliphatic heterocycles. The summed E-state index contributed by atoms with van der Waals surface area (Å²) in [5, 5.41) is 0. The molecule has 0 spiro atoms. The van der Waals surface area contributed by atoms with Gasteiger partial charge in [-0.1, -0.05) is 56.3 Å². The first kappa shape index (κ1) is 26.1. The number of nitrogens with zero attached hydrogens (tertiary/aromatic N) is 3. The second-order valence-electron chi connectivity index (χ2n) is 8.00. The molecule has 0 saturated heterocycles. The Labute approximate surface area is 221 Å². The molecule has 1 unspecified atom stereocenters. The van der Waals surface area contributed by atoms with E-state index >= 15 is 0 Å². The Hall–Kier alpha value is -3.46. The van der Waals surface area contributed by atoms with Crippen LogP contribution in [0, 0.1) is 12.1 Å². The number of benzene rings is 3. The van der Waals surface area contributed by atoms with Crippen LogP contribution in [0.1, 0.15) is 31.7 Å². The molecule has 5 aromatic rings. The molecule has 0 amide bonds. The minimum atomic E-state index is 0. The summed E-state index contributed by atoms with van der Waals surface area (Å²) in [5.41, 5.74) is 6.47. The minimum Gasteiger partial charge on any atom is -0.305 e. The standard InChI is InChI=1S/C20H19N2.C11H8N.Ir/c1-3-15(2)19-13-21-20(22-14-19)18-11-7-10-17(12-18)16-8-5-4-6-9-16;1-2-6-10(7-3-1)11-8-4-5-9-12-11;/h4-10,12-15H,3H2,1-2H3;1-6,8-9H;/q2*-1;. The van der Waals surface area contributed by atoms with E-state index in [1.165, 1.54) is 11.1 Å². The van der Waals surface area contributed by atoms with Gasteiger partial charge in [0.2, 0.25) is 0 Å². The molecule has 177 valence electrons. The first-order chi connectivity index (χ1) is 16.7.